The van der Waals surface area contributed by atoms with E-state index in [0.29, 0.717) is 23.9 Å². The second kappa shape index (κ2) is 6.62. The smallest absolute Gasteiger partial charge is 0.372 e. The summed E-state index contributed by atoms with van der Waals surface area (Å²) >= 11 is 4.86. The summed E-state index contributed by atoms with van der Waals surface area (Å²) in [5.74, 6) is -0.267. The average molecular weight is 400 g/mol. The van der Waals surface area contributed by atoms with Gasteiger partial charge in [-0.15, -0.1) is 11.3 Å². The summed E-state index contributed by atoms with van der Waals surface area (Å²) in [4.78, 5) is 29.4. The van der Waals surface area contributed by atoms with E-state index >= 15 is 0 Å². The van der Waals surface area contributed by atoms with Crippen LogP contribution in [-0.2, 0) is 4.74 Å². The highest BCUT2D eigenvalue weighted by atomic mass is 79.9. The van der Waals surface area contributed by atoms with E-state index in [2.05, 4.69) is 40.1 Å². The number of hydrogen-bond acceptors (Lipinski definition) is 5. The van der Waals surface area contributed by atoms with Crippen LogP contribution in [0.1, 0.15) is 35.0 Å². The maximum atomic E-state index is 12.2. The molecule has 0 radical (unpaired) electrons. The van der Waals surface area contributed by atoms with Crippen molar-refractivity contribution in [3.8, 4) is 0 Å². The van der Waals surface area contributed by atoms with Crippen LogP contribution in [0.4, 0.5) is 4.79 Å². The second-order valence-electron chi connectivity index (χ2n) is 5.75. The molecule has 2 N–H and O–H groups in total. The van der Waals surface area contributed by atoms with E-state index in [1.54, 1.807) is 11.0 Å². The number of piperazine rings is 1. The molecule has 2 aromatic rings. The van der Waals surface area contributed by atoms with Gasteiger partial charge in [0.15, 0.2) is 0 Å². The normalized spacial score (nSPS) is 15.4. The molecule has 0 unspecified atom stereocenters. The van der Waals surface area contributed by atoms with E-state index in [0.717, 1.165) is 33.5 Å². The molecular formula is C15H18BrN3O3S. The van der Waals surface area contributed by atoms with Crippen molar-refractivity contribution in [1.29, 1.82) is 0 Å². The number of carbonyl (C=O) groups is 2. The number of nitrogens with zero attached hydrogens (tertiary/aromatic N) is 1. The molecule has 0 bridgehead atoms. The molecule has 6 nitrogen and oxygen atoms in total. The Morgan fingerprint density at radius 1 is 1.35 bits per heavy atom. The van der Waals surface area contributed by atoms with Gasteiger partial charge in [-0.05, 0) is 27.9 Å². The average Bonchev–Trinajstić information content (AvgIpc) is 3.04. The first-order valence-electron chi connectivity index (χ1n) is 7.50. The lowest BCUT2D eigenvalue weighted by Crippen LogP contribution is -2.47. The number of halogens is 1. The molecule has 0 saturated carbocycles. The first-order valence-corrected chi connectivity index (χ1v) is 9.11. The number of thiophene rings is 1. The van der Waals surface area contributed by atoms with Gasteiger partial charge in [-0.2, -0.15) is 0 Å². The molecule has 2 aromatic heterocycles. The zero-order valence-corrected chi connectivity index (χ0v) is 15.3. The SMILES string of the molecule is CC(C)c1c(Br)[nH]c2cc(C(=O)OC(=O)N3CCNCC3)sc12. The fraction of sp³-hybridized carbons (Fsp3) is 0.467. The standard InChI is InChI=1S/C15H18BrN3O3S/c1-8(2)11-12-9(18-13(11)16)7-10(23-12)14(20)22-15(21)19-5-3-17-4-6-19/h7-8,17-18H,3-6H2,1-2H3. The van der Waals surface area contributed by atoms with E-state index in [1.165, 1.54) is 11.3 Å². The van der Waals surface area contributed by atoms with Crippen molar-refractivity contribution >= 4 is 49.5 Å². The lowest BCUT2D eigenvalue weighted by atomic mass is 10.1. The van der Waals surface area contributed by atoms with E-state index in [-0.39, 0.29) is 0 Å². The quantitative estimate of drug-likeness (QED) is 0.599. The molecule has 1 saturated heterocycles. The number of rotatable bonds is 2. The van der Waals surface area contributed by atoms with Gasteiger partial charge in [0.25, 0.3) is 0 Å². The molecule has 1 aliphatic heterocycles. The summed E-state index contributed by atoms with van der Waals surface area (Å²) in [7, 11) is 0. The predicted octanol–water partition coefficient (Wildman–Crippen LogP) is 3.30. The van der Waals surface area contributed by atoms with Crippen LogP contribution in [0.15, 0.2) is 10.7 Å². The number of hydrogen-bond donors (Lipinski definition) is 2. The van der Waals surface area contributed by atoms with Crippen LogP contribution in [0.3, 0.4) is 0 Å². The summed E-state index contributed by atoms with van der Waals surface area (Å²) < 4.78 is 6.97. The van der Waals surface area contributed by atoms with Crippen molar-refractivity contribution in [3.05, 3.63) is 21.1 Å². The molecule has 0 spiro atoms. The molecule has 1 aliphatic rings. The first kappa shape index (κ1) is 16.5. The van der Waals surface area contributed by atoms with Gasteiger partial charge in [-0.25, -0.2) is 9.59 Å². The van der Waals surface area contributed by atoms with Crippen LogP contribution < -0.4 is 5.32 Å². The van der Waals surface area contributed by atoms with Crippen LogP contribution >= 0.6 is 27.3 Å². The number of aromatic nitrogens is 1. The zero-order valence-electron chi connectivity index (χ0n) is 12.9. The van der Waals surface area contributed by atoms with Crippen molar-refractivity contribution in [2.75, 3.05) is 26.2 Å². The van der Waals surface area contributed by atoms with Gasteiger partial charge in [0.1, 0.15) is 4.88 Å². The number of esters is 1. The molecule has 3 rings (SSSR count). The number of nitrogens with one attached hydrogen (secondary N) is 2. The summed E-state index contributed by atoms with van der Waals surface area (Å²) in [5, 5.41) is 3.15. The topological polar surface area (TPSA) is 74.4 Å². The van der Waals surface area contributed by atoms with Gasteiger partial charge >= 0.3 is 12.1 Å². The first-order chi connectivity index (χ1) is 11.0. The van der Waals surface area contributed by atoms with E-state index < -0.39 is 12.1 Å². The third-order valence-electron chi connectivity index (χ3n) is 3.79. The number of carbonyl (C=O) groups excluding carboxylic acids is 2. The predicted molar refractivity (Wildman–Crippen MR) is 93.2 cm³/mol. The van der Waals surface area contributed by atoms with Crippen molar-refractivity contribution < 1.29 is 14.3 Å². The largest absolute Gasteiger partial charge is 0.417 e. The molecule has 23 heavy (non-hydrogen) atoms. The third-order valence-corrected chi connectivity index (χ3v) is 5.57. The highest BCUT2D eigenvalue weighted by Crippen LogP contribution is 2.37. The van der Waals surface area contributed by atoms with E-state index in [1.807, 2.05) is 0 Å². The number of ether oxygens (including phenoxy) is 1. The van der Waals surface area contributed by atoms with Gasteiger partial charge in [0.05, 0.1) is 14.8 Å². The number of aromatic amines is 1. The fourth-order valence-electron chi connectivity index (χ4n) is 2.63. The molecule has 0 aliphatic carbocycles. The highest BCUT2D eigenvalue weighted by molar-refractivity contribution is 9.10. The number of H-pyrrole nitrogens is 1. The lowest BCUT2D eigenvalue weighted by Gasteiger charge is -2.25. The monoisotopic (exact) mass is 399 g/mol. The van der Waals surface area contributed by atoms with E-state index in [9.17, 15) is 9.59 Å². The highest BCUT2D eigenvalue weighted by Gasteiger charge is 2.24. The minimum Gasteiger partial charge on any atom is -0.372 e. The van der Waals surface area contributed by atoms with Gasteiger partial charge in [-0.3, -0.25) is 0 Å². The maximum Gasteiger partial charge on any atom is 0.417 e. The van der Waals surface area contributed by atoms with Crippen molar-refractivity contribution in [1.82, 2.24) is 15.2 Å². The summed E-state index contributed by atoms with van der Waals surface area (Å²) in [6.07, 6.45) is -0.571. The number of amides is 1. The Morgan fingerprint density at radius 2 is 2.04 bits per heavy atom. The fourth-order valence-corrected chi connectivity index (χ4v) is 4.82. The van der Waals surface area contributed by atoms with Crippen LogP contribution in [0.5, 0.6) is 0 Å². The Kier molecular flexibility index (Phi) is 4.74. The van der Waals surface area contributed by atoms with Crippen LogP contribution in [0.25, 0.3) is 10.2 Å². The van der Waals surface area contributed by atoms with Crippen molar-refractivity contribution in [2.24, 2.45) is 0 Å². The van der Waals surface area contributed by atoms with Crippen molar-refractivity contribution in [3.63, 3.8) is 0 Å². The molecule has 0 atom stereocenters. The molecule has 1 fully saturated rings. The summed E-state index contributed by atoms with van der Waals surface area (Å²) in [6, 6.07) is 1.74. The molecule has 0 aromatic carbocycles. The Morgan fingerprint density at radius 3 is 2.70 bits per heavy atom. The molecule has 3 heterocycles. The summed E-state index contributed by atoms with van der Waals surface area (Å²) in [5.41, 5.74) is 2.02. The molecule has 8 heteroatoms. The molecule has 124 valence electrons. The van der Waals surface area contributed by atoms with Crippen LogP contribution in [0.2, 0.25) is 0 Å². The molecular weight excluding hydrogens is 382 g/mol. The Labute approximate surface area is 146 Å². The van der Waals surface area contributed by atoms with Crippen LogP contribution in [-0.4, -0.2) is 48.1 Å². The Hall–Kier alpha value is -1.38. The minimum atomic E-state index is -0.589. The second-order valence-corrected chi connectivity index (χ2v) is 7.60. The Bertz CT molecular complexity index is 747. The van der Waals surface area contributed by atoms with Gasteiger partial charge in [-0.1, -0.05) is 13.8 Å². The van der Waals surface area contributed by atoms with Gasteiger partial charge in [0.2, 0.25) is 0 Å². The molecule has 1 amide bonds. The van der Waals surface area contributed by atoms with Gasteiger partial charge < -0.3 is 19.9 Å². The third kappa shape index (κ3) is 3.29. The Balaban J connectivity index is 1.77. The zero-order chi connectivity index (χ0) is 16.6. The van der Waals surface area contributed by atoms with Crippen molar-refractivity contribution in [2.45, 2.75) is 19.8 Å². The van der Waals surface area contributed by atoms with Gasteiger partial charge in [0, 0.05) is 31.7 Å². The van der Waals surface area contributed by atoms with Crippen LogP contribution in [0, 0.1) is 0 Å². The summed E-state index contributed by atoms with van der Waals surface area (Å²) in [6.45, 7) is 6.75. The minimum absolute atomic E-state index is 0.322. The lowest BCUT2D eigenvalue weighted by molar-refractivity contribution is 0.0537. The maximum absolute atomic E-state index is 12.2. The number of fused-ring (bicyclic) bond motifs is 1. The van der Waals surface area contributed by atoms with E-state index in [4.69, 9.17) is 4.74 Å².